The summed E-state index contributed by atoms with van der Waals surface area (Å²) in [5, 5.41) is 10.8. The Labute approximate surface area is 172 Å². The minimum absolute atomic E-state index is 0.0132. The van der Waals surface area contributed by atoms with Crippen molar-refractivity contribution in [1.82, 2.24) is 4.90 Å². The topological polar surface area (TPSA) is 110 Å². The fourth-order valence-electron chi connectivity index (χ4n) is 4.00. The van der Waals surface area contributed by atoms with E-state index in [0.717, 1.165) is 12.1 Å². The maximum Gasteiger partial charge on any atom is 0.269 e. The van der Waals surface area contributed by atoms with Gasteiger partial charge in [0.25, 0.3) is 5.69 Å². The van der Waals surface area contributed by atoms with E-state index in [-0.39, 0.29) is 17.5 Å². The van der Waals surface area contributed by atoms with Gasteiger partial charge in [0.1, 0.15) is 0 Å². The highest BCUT2D eigenvalue weighted by Gasteiger charge is 2.36. The number of hydrogen-bond acceptors (Lipinski definition) is 5. The number of carbonyl (C=O) groups excluding carboxylic acids is 2. The number of nitro benzene ring substituents is 1. The minimum Gasteiger partial charge on any atom is -0.369 e. The second-order valence-electron chi connectivity index (χ2n) is 8.12. The number of nitro groups is 1. The lowest BCUT2D eigenvalue weighted by molar-refractivity contribution is -0.384. The maximum atomic E-state index is 13.2. The van der Waals surface area contributed by atoms with E-state index in [1.807, 2.05) is 11.8 Å². The van der Waals surface area contributed by atoms with Crippen LogP contribution < -0.4 is 10.6 Å². The smallest absolute Gasteiger partial charge is 0.269 e. The molecule has 160 valence electrons. The third-order valence-corrected chi connectivity index (χ3v) is 5.51. The van der Waals surface area contributed by atoms with E-state index in [1.165, 1.54) is 12.1 Å². The van der Waals surface area contributed by atoms with Crippen molar-refractivity contribution in [2.75, 3.05) is 31.1 Å². The Bertz CT molecular complexity index is 712. The molecule has 1 saturated heterocycles. The summed E-state index contributed by atoms with van der Waals surface area (Å²) < 4.78 is 0. The maximum absolute atomic E-state index is 13.2. The van der Waals surface area contributed by atoms with Crippen LogP contribution in [0.15, 0.2) is 24.3 Å². The average Bonchev–Trinajstić information content (AvgIpc) is 2.70. The molecule has 2 amide bonds. The Morgan fingerprint density at radius 2 is 1.69 bits per heavy atom. The van der Waals surface area contributed by atoms with Gasteiger partial charge in [0.2, 0.25) is 11.8 Å². The highest BCUT2D eigenvalue weighted by molar-refractivity contribution is 5.87. The number of nitrogens with two attached hydrogens (primary N) is 1. The molecule has 1 aromatic carbocycles. The number of nitrogens with zero attached hydrogens (tertiary/aromatic N) is 3. The molecule has 1 heterocycles. The second kappa shape index (κ2) is 10.2. The molecule has 8 heteroatoms. The largest absolute Gasteiger partial charge is 0.369 e. The Morgan fingerprint density at radius 1 is 1.10 bits per heavy atom. The van der Waals surface area contributed by atoms with Gasteiger partial charge in [-0.2, -0.15) is 0 Å². The Balaban J connectivity index is 2.05. The number of amides is 2. The molecule has 29 heavy (non-hydrogen) atoms. The summed E-state index contributed by atoms with van der Waals surface area (Å²) >= 11 is 0. The summed E-state index contributed by atoms with van der Waals surface area (Å²) in [6, 6.07) is 6.46. The highest BCUT2D eigenvalue weighted by Crippen LogP contribution is 2.28. The van der Waals surface area contributed by atoms with Crippen molar-refractivity contribution in [3.8, 4) is 0 Å². The van der Waals surface area contributed by atoms with E-state index in [4.69, 9.17) is 5.73 Å². The molecule has 1 aliphatic rings. The zero-order chi connectivity index (χ0) is 21.6. The number of rotatable bonds is 9. The van der Waals surface area contributed by atoms with Crippen LogP contribution in [0.3, 0.4) is 0 Å². The first-order valence-electron chi connectivity index (χ1n) is 10.3. The zero-order valence-electron chi connectivity index (χ0n) is 17.5. The van der Waals surface area contributed by atoms with Gasteiger partial charge in [-0.15, -0.1) is 0 Å². The van der Waals surface area contributed by atoms with E-state index in [0.29, 0.717) is 44.9 Å². The van der Waals surface area contributed by atoms with Crippen molar-refractivity contribution in [1.29, 1.82) is 0 Å². The fourth-order valence-corrected chi connectivity index (χ4v) is 4.00. The van der Waals surface area contributed by atoms with Gasteiger partial charge < -0.3 is 15.5 Å². The summed E-state index contributed by atoms with van der Waals surface area (Å²) in [4.78, 5) is 39.6. The summed E-state index contributed by atoms with van der Waals surface area (Å²) in [7, 11) is 0. The van der Waals surface area contributed by atoms with E-state index in [1.54, 1.807) is 12.1 Å². The molecular weight excluding hydrogens is 372 g/mol. The van der Waals surface area contributed by atoms with Crippen molar-refractivity contribution in [2.45, 2.75) is 40.0 Å². The molecule has 0 bridgehead atoms. The Kier molecular flexibility index (Phi) is 7.99. The lowest BCUT2D eigenvalue weighted by Gasteiger charge is -2.39. The molecule has 0 saturated carbocycles. The van der Waals surface area contributed by atoms with Gasteiger partial charge in [-0.25, -0.2) is 0 Å². The summed E-state index contributed by atoms with van der Waals surface area (Å²) in [5.41, 5.74) is 6.60. The molecule has 1 aromatic rings. The van der Waals surface area contributed by atoms with Crippen LogP contribution in [0.4, 0.5) is 11.4 Å². The summed E-state index contributed by atoms with van der Waals surface area (Å²) in [6.45, 7) is 8.51. The normalized spacial score (nSPS) is 16.6. The Morgan fingerprint density at radius 3 is 2.14 bits per heavy atom. The van der Waals surface area contributed by atoms with E-state index in [2.05, 4.69) is 18.7 Å². The standard InChI is InChI=1S/C21H32N4O4/c1-4-5-18(20(22)26)19(14-15(2)3)21(27)24-12-10-23(11-13-24)16-6-8-17(9-7-16)25(28)29/h6-9,15,18-19H,4-5,10-14H2,1-3H3,(H2,22,26)/t18-,19+/m0/s1. The van der Waals surface area contributed by atoms with Crippen LogP contribution in [0.25, 0.3) is 0 Å². The average molecular weight is 405 g/mol. The van der Waals surface area contributed by atoms with Crippen molar-refractivity contribution in [3.63, 3.8) is 0 Å². The van der Waals surface area contributed by atoms with Gasteiger partial charge in [0.15, 0.2) is 0 Å². The molecule has 8 nitrogen and oxygen atoms in total. The molecule has 0 aliphatic carbocycles. The van der Waals surface area contributed by atoms with Gasteiger partial charge in [-0.05, 0) is 30.9 Å². The fraction of sp³-hybridized carbons (Fsp3) is 0.619. The second-order valence-corrected chi connectivity index (χ2v) is 8.12. The highest BCUT2D eigenvalue weighted by atomic mass is 16.6. The van der Waals surface area contributed by atoms with E-state index < -0.39 is 16.7 Å². The van der Waals surface area contributed by atoms with Gasteiger partial charge in [0.05, 0.1) is 4.92 Å². The SMILES string of the molecule is CCC[C@H](C(N)=O)[C@@H](CC(C)C)C(=O)N1CCN(c2ccc([N+](=O)[O-])cc2)CC1. The number of benzene rings is 1. The third-order valence-electron chi connectivity index (χ3n) is 5.51. The molecule has 2 atom stereocenters. The molecule has 0 radical (unpaired) electrons. The van der Waals surface area contributed by atoms with Gasteiger partial charge in [-0.3, -0.25) is 19.7 Å². The Hall–Kier alpha value is -2.64. The molecule has 2 rings (SSSR count). The van der Waals surface area contributed by atoms with Crippen molar-refractivity contribution >= 4 is 23.2 Å². The third kappa shape index (κ3) is 5.92. The lowest BCUT2D eigenvalue weighted by atomic mass is 9.81. The van der Waals surface area contributed by atoms with E-state index >= 15 is 0 Å². The summed E-state index contributed by atoms with van der Waals surface area (Å²) in [6.07, 6.45) is 2.08. The first kappa shape index (κ1) is 22.6. The van der Waals surface area contributed by atoms with Gasteiger partial charge in [0, 0.05) is 55.8 Å². The van der Waals surface area contributed by atoms with Gasteiger partial charge >= 0.3 is 0 Å². The number of piperazine rings is 1. The number of anilines is 1. The molecule has 2 N–H and O–H groups in total. The minimum atomic E-state index is -0.428. The van der Waals surface area contributed by atoms with Crippen molar-refractivity contribution < 1.29 is 14.5 Å². The van der Waals surface area contributed by atoms with Crippen LogP contribution in [0.1, 0.15) is 40.0 Å². The molecule has 1 aliphatic heterocycles. The first-order chi connectivity index (χ1) is 13.7. The van der Waals surface area contributed by atoms with Crippen LogP contribution in [0.5, 0.6) is 0 Å². The molecule has 1 fully saturated rings. The van der Waals surface area contributed by atoms with Gasteiger partial charge in [-0.1, -0.05) is 27.2 Å². The quantitative estimate of drug-likeness (QED) is 0.503. The summed E-state index contributed by atoms with van der Waals surface area (Å²) in [5.74, 6) is -0.889. The van der Waals surface area contributed by atoms with Crippen molar-refractivity contribution in [3.05, 3.63) is 34.4 Å². The number of hydrogen-bond donors (Lipinski definition) is 1. The van der Waals surface area contributed by atoms with Crippen molar-refractivity contribution in [2.24, 2.45) is 23.5 Å². The monoisotopic (exact) mass is 404 g/mol. The van der Waals surface area contributed by atoms with Crippen LogP contribution in [0, 0.1) is 27.9 Å². The van der Waals surface area contributed by atoms with Crippen LogP contribution in [-0.2, 0) is 9.59 Å². The molecule has 0 aromatic heterocycles. The zero-order valence-corrected chi connectivity index (χ0v) is 17.5. The first-order valence-corrected chi connectivity index (χ1v) is 10.3. The van der Waals surface area contributed by atoms with Crippen LogP contribution >= 0.6 is 0 Å². The van der Waals surface area contributed by atoms with Crippen LogP contribution in [0.2, 0.25) is 0 Å². The predicted octanol–water partition coefficient (Wildman–Crippen LogP) is 2.81. The molecular formula is C21H32N4O4. The number of carbonyl (C=O) groups is 2. The predicted molar refractivity (Wildman–Crippen MR) is 112 cm³/mol. The van der Waals surface area contributed by atoms with Crippen LogP contribution in [-0.4, -0.2) is 47.8 Å². The number of non-ortho nitro benzene ring substituents is 1. The van der Waals surface area contributed by atoms with E-state index in [9.17, 15) is 19.7 Å². The molecule has 0 spiro atoms. The lowest BCUT2D eigenvalue weighted by Crippen LogP contribution is -2.52. The number of primary amides is 1. The molecule has 0 unspecified atom stereocenters.